The van der Waals surface area contributed by atoms with Crippen molar-refractivity contribution in [1.29, 1.82) is 0 Å². The molecule has 7 nitrogen and oxygen atoms in total. The first-order chi connectivity index (χ1) is 13.9. The third-order valence-corrected chi connectivity index (χ3v) is 4.94. The summed E-state index contributed by atoms with van der Waals surface area (Å²) in [6, 6.07) is 4.49. The van der Waals surface area contributed by atoms with Crippen LogP contribution >= 0.6 is 11.6 Å². The highest BCUT2D eigenvalue weighted by molar-refractivity contribution is 6.31. The highest BCUT2D eigenvalue weighted by Gasteiger charge is 2.28. The largest absolute Gasteiger partial charge is 0.409 e. The number of aromatic amines is 1. The van der Waals surface area contributed by atoms with Crippen molar-refractivity contribution in [3.05, 3.63) is 52.3 Å². The minimum atomic E-state index is -1.19. The molecule has 4 rings (SSSR count). The molecule has 0 spiro atoms. The van der Waals surface area contributed by atoms with Crippen LogP contribution in [-0.2, 0) is 0 Å². The van der Waals surface area contributed by atoms with Crippen molar-refractivity contribution < 1.29 is 23.5 Å². The predicted molar refractivity (Wildman–Crippen MR) is 102 cm³/mol. The summed E-state index contributed by atoms with van der Waals surface area (Å²) >= 11 is 5.74. The molecule has 0 aliphatic heterocycles. The monoisotopic (exact) mass is 425 g/mol. The molecular formula is C18H15ClF3N5O2. The van der Waals surface area contributed by atoms with Gasteiger partial charge in [0, 0.05) is 17.3 Å². The zero-order chi connectivity index (χ0) is 20.7. The molecule has 1 aliphatic carbocycles. The second-order valence-corrected chi connectivity index (χ2v) is 7.11. The van der Waals surface area contributed by atoms with Gasteiger partial charge in [0.25, 0.3) is 0 Å². The molecule has 0 saturated heterocycles. The van der Waals surface area contributed by atoms with E-state index in [0.717, 1.165) is 12.1 Å². The number of imidazole rings is 1. The number of rotatable bonds is 4. The zero-order valence-electron chi connectivity index (χ0n) is 14.7. The summed E-state index contributed by atoms with van der Waals surface area (Å²) in [7, 11) is 0. The van der Waals surface area contributed by atoms with E-state index < -0.39 is 23.6 Å². The van der Waals surface area contributed by atoms with Crippen molar-refractivity contribution in [2.45, 2.75) is 25.0 Å². The third-order valence-electron chi connectivity index (χ3n) is 4.65. The lowest BCUT2D eigenvalue weighted by atomic mass is 9.90. The number of benzene rings is 2. The number of H-pyrrole nitrogens is 1. The molecule has 1 fully saturated rings. The van der Waals surface area contributed by atoms with E-state index in [1.807, 2.05) is 0 Å². The summed E-state index contributed by atoms with van der Waals surface area (Å²) in [5.41, 5.74) is 0.0571. The smallest absolute Gasteiger partial charge is 0.201 e. The average Bonchev–Trinajstić information content (AvgIpc) is 3.09. The first-order valence-corrected chi connectivity index (χ1v) is 9.00. The Bertz CT molecular complexity index is 1110. The van der Waals surface area contributed by atoms with Crippen LogP contribution in [0, 0.1) is 17.5 Å². The number of fused-ring (bicyclic) bond motifs is 1. The van der Waals surface area contributed by atoms with Gasteiger partial charge in [-0.1, -0.05) is 16.8 Å². The molecule has 11 heteroatoms. The molecule has 0 unspecified atom stereocenters. The molecule has 3 aromatic rings. The summed E-state index contributed by atoms with van der Waals surface area (Å²) in [5, 5.41) is 27.4. The zero-order valence-corrected chi connectivity index (χ0v) is 15.4. The van der Waals surface area contributed by atoms with Crippen LogP contribution < -0.4 is 10.6 Å². The fraction of sp³-hybridized carbons (Fsp3) is 0.222. The Morgan fingerprint density at radius 2 is 1.97 bits per heavy atom. The lowest BCUT2D eigenvalue weighted by Crippen LogP contribution is -2.39. The topological polar surface area (TPSA) is 106 Å². The van der Waals surface area contributed by atoms with Gasteiger partial charge in [0.1, 0.15) is 11.3 Å². The van der Waals surface area contributed by atoms with Crippen LogP contribution in [0.5, 0.6) is 0 Å². The van der Waals surface area contributed by atoms with Crippen LogP contribution in [0.3, 0.4) is 0 Å². The Morgan fingerprint density at radius 1 is 1.21 bits per heavy atom. The number of anilines is 2. The second kappa shape index (κ2) is 7.45. The number of aromatic nitrogens is 2. The van der Waals surface area contributed by atoms with Crippen molar-refractivity contribution in [2.75, 3.05) is 10.6 Å². The summed E-state index contributed by atoms with van der Waals surface area (Å²) < 4.78 is 41.8. The van der Waals surface area contributed by atoms with Gasteiger partial charge in [-0.2, -0.15) is 0 Å². The molecule has 0 bridgehead atoms. The second-order valence-electron chi connectivity index (χ2n) is 6.70. The van der Waals surface area contributed by atoms with Gasteiger partial charge in [0.15, 0.2) is 17.5 Å². The maximum Gasteiger partial charge on any atom is 0.201 e. The van der Waals surface area contributed by atoms with E-state index in [-0.39, 0.29) is 45.1 Å². The number of aliphatic hydroxyl groups excluding tert-OH is 1. The fourth-order valence-electron chi connectivity index (χ4n) is 3.11. The van der Waals surface area contributed by atoms with Gasteiger partial charge in [0.05, 0.1) is 16.6 Å². The van der Waals surface area contributed by atoms with Crippen LogP contribution in [0.1, 0.15) is 18.4 Å². The molecule has 1 aliphatic rings. The molecule has 152 valence electrons. The average molecular weight is 426 g/mol. The summed E-state index contributed by atoms with van der Waals surface area (Å²) in [5.74, 6) is -3.04. The molecule has 1 aromatic heterocycles. The SMILES string of the molecule is O/N=C(\Nc1ccc(F)c(Cl)c1)c1cc(F)c(F)c2nc(NC3CC(O)C3)[nH]c12. The standard InChI is InChI=1S/C18H15ClF3N5O2/c19-11-5-7(1-2-12(11)20)23-17(27-29)10-6-13(21)14(22)16-15(10)25-18(26-16)24-8-3-9(28)4-8/h1-2,5-6,8-9,28-29H,3-4H2,(H,23,27)(H2,24,25,26). The van der Waals surface area contributed by atoms with E-state index in [0.29, 0.717) is 12.8 Å². The Balaban J connectivity index is 1.71. The first kappa shape index (κ1) is 19.3. The van der Waals surface area contributed by atoms with Crippen LogP contribution in [0.4, 0.5) is 24.8 Å². The van der Waals surface area contributed by atoms with E-state index >= 15 is 0 Å². The highest BCUT2D eigenvalue weighted by atomic mass is 35.5. The molecule has 1 saturated carbocycles. The normalized spacial score (nSPS) is 19.3. The van der Waals surface area contributed by atoms with Crippen molar-refractivity contribution in [2.24, 2.45) is 5.16 Å². The van der Waals surface area contributed by atoms with Crippen LogP contribution in [0.15, 0.2) is 29.4 Å². The molecule has 1 heterocycles. The number of hydrogen-bond donors (Lipinski definition) is 5. The summed E-state index contributed by atoms with van der Waals surface area (Å²) in [6.07, 6.45) is 0.620. The molecule has 29 heavy (non-hydrogen) atoms. The minimum Gasteiger partial charge on any atom is -0.409 e. The highest BCUT2D eigenvalue weighted by Crippen LogP contribution is 2.28. The molecule has 0 atom stereocenters. The maximum absolute atomic E-state index is 14.3. The number of oxime groups is 1. The quantitative estimate of drug-likeness (QED) is 0.189. The Labute approximate surface area is 167 Å². The van der Waals surface area contributed by atoms with Crippen molar-refractivity contribution in [1.82, 2.24) is 9.97 Å². The summed E-state index contributed by atoms with van der Waals surface area (Å²) in [4.78, 5) is 6.87. The summed E-state index contributed by atoms with van der Waals surface area (Å²) in [6.45, 7) is 0. The van der Waals surface area contributed by atoms with E-state index in [1.165, 1.54) is 12.1 Å². The Kier molecular flexibility index (Phi) is 4.97. The van der Waals surface area contributed by atoms with E-state index in [1.54, 1.807) is 0 Å². The van der Waals surface area contributed by atoms with Crippen LogP contribution in [-0.4, -0.2) is 38.3 Å². The lowest BCUT2D eigenvalue weighted by molar-refractivity contribution is 0.0834. The number of nitrogens with one attached hydrogen (secondary N) is 3. The van der Waals surface area contributed by atoms with Gasteiger partial charge in [-0.25, -0.2) is 18.2 Å². The number of amidine groups is 1. The Morgan fingerprint density at radius 3 is 2.62 bits per heavy atom. The molecule has 2 aromatic carbocycles. The Hall–Kier alpha value is -2.98. The number of hydrogen-bond acceptors (Lipinski definition) is 5. The fourth-order valence-corrected chi connectivity index (χ4v) is 3.29. The van der Waals surface area contributed by atoms with Crippen molar-refractivity contribution in [3.8, 4) is 0 Å². The minimum absolute atomic E-state index is 0.00367. The van der Waals surface area contributed by atoms with Crippen molar-refractivity contribution in [3.63, 3.8) is 0 Å². The van der Waals surface area contributed by atoms with Gasteiger partial charge in [-0.05, 0) is 37.1 Å². The maximum atomic E-state index is 14.3. The van der Waals surface area contributed by atoms with Gasteiger partial charge in [-0.15, -0.1) is 0 Å². The van der Waals surface area contributed by atoms with Crippen LogP contribution in [0.2, 0.25) is 5.02 Å². The van der Waals surface area contributed by atoms with E-state index in [9.17, 15) is 23.5 Å². The van der Waals surface area contributed by atoms with E-state index in [4.69, 9.17) is 11.6 Å². The molecule has 0 amide bonds. The first-order valence-electron chi connectivity index (χ1n) is 8.62. The molecule has 5 N–H and O–H groups in total. The number of halogens is 4. The number of aliphatic hydroxyl groups is 1. The molecular weight excluding hydrogens is 411 g/mol. The van der Waals surface area contributed by atoms with Gasteiger partial charge >= 0.3 is 0 Å². The van der Waals surface area contributed by atoms with Crippen molar-refractivity contribution >= 4 is 40.1 Å². The van der Waals surface area contributed by atoms with Gasteiger partial charge < -0.3 is 25.9 Å². The van der Waals surface area contributed by atoms with Gasteiger partial charge in [-0.3, -0.25) is 0 Å². The van der Waals surface area contributed by atoms with Gasteiger partial charge in [0.2, 0.25) is 5.95 Å². The third kappa shape index (κ3) is 3.68. The predicted octanol–water partition coefficient (Wildman–Crippen LogP) is 3.82. The van der Waals surface area contributed by atoms with Crippen LogP contribution in [0.25, 0.3) is 11.0 Å². The number of nitrogens with zero attached hydrogens (tertiary/aromatic N) is 2. The van der Waals surface area contributed by atoms with E-state index in [2.05, 4.69) is 25.8 Å². The lowest BCUT2D eigenvalue weighted by Gasteiger charge is -2.31. The molecule has 0 radical (unpaired) electrons.